The van der Waals surface area contributed by atoms with E-state index in [1.807, 2.05) is 27.7 Å². The molecule has 0 spiro atoms. The van der Waals surface area contributed by atoms with Crippen molar-refractivity contribution in [3.63, 3.8) is 0 Å². The second-order valence-corrected chi connectivity index (χ2v) is 6.52. The maximum atomic E-state index is 11.6. The van der Waals surface area contributed by atoms with E-state index < -0.39 is 7.51 Å². The summed E-state index contributed by atoms with van der Waals surface area (Å²) in [6, 6.07) is 0. The number of carbonyl (C=O) groups is 1. The zero-order valence-corrected chi connectivity index (χ0v) is 12.5. The SMILES string of the molecule is CCOC(=O)CP(=NC)(OC(C)C)OC(C)C. The van der Waals surface area contributed by atoms with Gasteiger partial charge >= 0.3 is 5.97 Å². The molecule has 5 nitrogen and oxygen atoms in total. The van der Waals surface area contributed by atoms with E-state index in [0.717, 1.165) is 0 Å². The summed E-state index contributed by atoms with van der Waals surface area (Å²) in [5.41, 5.74) is 0. The van der Waals surface area contributed by atoms with Crippen LogP contribution in [-0.4, -0.2) is 38.0 Å². The molecule has 0 aliphatic heterocycles. The van der Waals surface area contributed by atoms with E-state index in [9.17, 15) is 4.79 Å². The number of hydrogen-bond donors (Lipinski definition) is 0. The van der Waals surface area contributed by atoms with E-state index in [0.29, 0.717) is 6.61 Å². The van der Waals surface area contributed by atoms with Gasteiger partial charge in [-0.15, -0.1) is 0 Å². The van der Waals surface area contributed by atoms with Crippen LogP contribution < -0.4 is 0 Å². The monoisotopic (exact) mass is 265 g/mol. The first-order valence-corrected chi connectivity index (χ1v) is 7.63. The molecule has 0 N–H and O–H groups in total. The van der Waals surface area contributed by atoms with Crippen molar-refractivity contribution < 1.29 is 18.6 Å². The van der Waals surface area contributed by atoms with Crippen molar-refractivity contribution in [2.24, 2.45) is 4.74 Å². The lowest BCUT2D eigenvalue weighted by atomic mass is 10.5. The van der Waals surface area contributed by atoms with Gasteiger partial charge in [0.05, 0.1) is 18.8 Å². The van der Waals surface area contributed by atoms with Gasteiger partial charge in [-0.25, -0.2) is 0 Å². The molecule has 0 radical (unpaired) electrons. The van der Waals surface area contributed by atoms with Crippen LogP contribution in [0.2, 0.25) is 0 Å². The largest absolute Gasteiger partial charge is 0.466 e. The fraction of sp³-hybridized carbons (Fsp3) is 0.909. The standard InChI is InChI=1S/C11H24NO4P/c1-7-14-11(13)8-17(12-6,15-9(2)3)16-10(4)5/h9-10H,7-8H2,1-6H3. The Bertz CT molecular complexity index is 275. The molecular weight excluding hydrogens is 241 g/mol. The van der Waals surface area contributed by atoms with E-state index >= 15 is 0 Å². The molecule has 0 aromatic rings. The molecule has 0 aliphatic rings. The summed E-state index contributed by atoms with van der Waals surface area (Å²) in [6.45, 7) is 9.71. The molecule has 0 saturated heterocycles. The Morgan fingerprint density at radius 3 is 1.94 bits per heavy atom. The highest BCUT2D eigenvalue weighted by molar-refractivity contribution is 7.57. The third-order valence-corrected chi connectivity index (χ3v) is 4.46. The third kappa shape index (κ3) is 6.81. The molecule has 0 aromatic heterocycles. The zero-order valence-electron chi connectivity index (χ0n) is 11.6. The van der Waals surface area contributed by atoms with Crippen LogP contribution in [0.1, 0.15) is 34.6 Å². The Balaban J connectivity index is 4.87. The summed E-state index contributed by atoms with van der Waals surface area (Å²) in [4.78, 5) is 11.6. The fourth-order valence-electron chi connectivity index (χ4n) is 1.29. The molecule has 0 bridgehead atoms. The molecule has 0 atom stereocenters. The molecule has 0 rings (SSSR count). The van der Waals surface area contributed by atoms with E-state index in [1.54, 1.807) is 14.0 Å². The molecule has 0 heterocycles. The molecule has 0 fully saturated rings. The van der Waals surface area contributed by atoms with Crippen LogP contribution in [0.15, 0.2) is 4.74 Å². The van der Waals surface area contributed by atoms with Crippen LogP contribution in [0.3, 0.4) is 0 Å². The minimum Gasteiger partial charge on any atom is -0.466 e. The van der Waals surface area contributed by atoms with E-state index in [4.69, 9.17) is 13.8 Å². The van der Waals surface area contributed by atoms with Crippen molar-refractivity contribution in [1.29, 1.82) is 0 Å². The minimum atomic E-state index is -2.52. The normalized spacial score (nSPS) is 12.0. The highest BCUT2D eigenvalue weighted by Crippen LogP contribution is 2.53. The first-order chi connectivity index (χ1) is 7.85. The Morgan fingerprint density at radius 1 is 1.18 bits per heavy atom. The van der Waals surface area contributed by atoms with Crippen molar-refractivity contribution in [2.45, 2.75) is 46.8 Å². The Kier molecular flexibility index (Phi) is 7.68. The van der Waals surface area contributed by atoms with Crippen LogP contribution in [-0.2, 0) is 18.6 Å². The van der Waals surface area contributed by atoms with Crippen LogP contribution in [0.5, 0.6) is 0 Å². The fourth-order valence-corrected chi connectivity index (χ4v) is 3.56. The maximum absolute atomic E-state index is 11.6. The first-order valence-electron chi connectivity index (χ1n) is 5.87. The number of carbonyl (C=O) groups excluding carboxylic acids is 1. The summed E-state index contributed by atoms with van der Waals surface area (Å²) < 4.78 is 20.6. The van der Waals surface area contributed by atoms with Crippen LogP contribution in [0, 0.1) is 0 Å². The number of esters is 1. The molecule has 0 saturated carbocycles. The highest BCUT2D eigenvalue weighted by atomic mass is 31.2. The Morgan fingerprint density at radius 2 is 1.65 bits per heavy atom. The lowest BCUT2D eigenvalue weighted by Gasteiger charge is -2.27. The summed E-state index contributed by atoms with van der Waals surface area (Å²) in [6.07, 6.45) is -0.00586. The van der Waals surface area contributed by atoms with Gasteiger partial charge in [-0.05, 0) is 34.6 Å². The van der Waals surface area contributed by atoms with Gasteiger partial charge in [-0.1, -0.05) is 0 Å². The molecule has 17 heavy (non-hydrogen) atoms. The Hall–Kier alpha value is -0.380. The van der Waals surface area contributed by atoms with Crippen molar-refractivity contribution >= 4 is 13.5 Å². The summed E-state index contributed by atoms with van der Waals surface area (Å²) in [7, 11) is -0.902. The lowest BCUT2D eigenvalue weighted by molar-refractivity contribution is -0.140. The molecule has 6 heteroatoms. The van der Waals surface area contributed by atoms with E-state index in [-0.39, 0.29) is 24.3 Å². The van der Waals surface area contributed by atoms with Crippen LogP contribution >= 0.6 is 7.51 Å². The quantitative estimate of drug-likeness (QED) is 0.524. The van der Waals surface area contributed by atoms with Crippen LogP contribution in [0.25, 0.3) is 0 Å². The molecule has 0 aliphatic carbocycles. The van der Waals surface area contributed by atoms with Crippen molar-refractivity contribution in [3.05, 3.63) is 0 Å². The van der Waals surface area contributed by atoms with Gasteiger partial charge in [-0.2, -0.15) is 0 Å². The van der Waals surface area contributed by atoms with Gasteiger partial charge in [0.15, 0.2) is 0 Å². The predicted octanol–water partition coefficient (Wildman–Crippen LogP) is 3.06. The molecular formula is C11H24NO4P. The van der Waals surface area contributed by atoms with Crippen molar-refractivity contribution in [1.82, 2.24) is 0 Å². The zero-order chi connectivity index (χ0) is 13.5. The minimum absolute atomic E-state index is 0.0415. The summed E-state index contributed by atoms with van der Waals surface area (Å²) in [5, 5.41) is 0. The first kappa shape index (κ1) is 16.6. The van der Waals surface area contributed by atoms with Gasteiger partial charge in [0, 0.05) is 7.05 Å². The van der Waals surface area contributed by atoms with Crippen molar-refractivity contribution in [2.75, 3.05) is 19.8 Å². The molecule has 0 unspecified atom stereocenters. The van der Waals surface area contributed by atoms with Gasteiger partial charge in [0.1, 0.15) is 6.16 Å². The van der Waals surface area contributed by atoms with E-state index in [2.05, 4.69) is 4.74 Å². The predicted molar refractivity (Wildman–Crippen MR) is 69.2 cm³/mol. The topological polar surface area (TPSA) is 57.1 Å². The second kappa shape index (κ2) is 7.85. The molecule has 102 valence electrons. The average molecular weight is 265 g/mol. The van der Waals surface area contributed by atoms with Gasteiger partial charge < -0.3 is 13.8 Å². The molecule has 0 aromatic carbocycles. The highest BCUT2D eigenvalue weighted by Gasteiger charge is 2.28. The lowest BCUT2D eigenvalue weighted by Crippen LogP contribution is -2.17. The summed E-state index contributed by atoms with van der Waals surface area (Å²) in [5.74, 6) is -0.326. The second-order valence-electron chi connectivity index (χ2n) is 4.11. The van der Waals surface area contributed by atoms with E-state index in [1.165, 1.54) is 0 Å². The Labute approximate surface area is 104 Å². The third-order valence-electron chi connectivity index (χ3n) is 1.69. The number of rotatable bonds is 7. The number of nitrogens with zero attached hydrogens (tertiary/aromatic N) is 1. The van der Waals surface area contributed by atoms with Gasteiger partial charge in [0.2, 0.25) is 7.51 Å². The number of ether oxygens (including phenoxy) is 1. The number of hydrogen-bond acceptors (Lipinski definition) is 5. The van der Waals surface area contributed by atoms with Gasteiger partial charge in [0.25, 0.3) is 0 Å². The maximum Gasteiger partial charge on any atom is 0.316 e. The smallest absolute Gasteiger partial charge is 0.316 e. The average Bonchev–Trinajstić information content (AvgIpc) is 2.15. The molecule has 0 amide bonds. The van der Waals surface area contributed by atoms with Crippen LogP contribution in [0.4, 0.5) is 0 Å². The van der Waals surface area contributed by atoms with Gasteiger partial charge in [-0.3, -0.25) is 9.54 Å². The van der Waals surface area contributed by atoms with Crippen molar-refractivity contribution in [3.8, 4) is 0 Å². The summed E-state index contributed by atoms with van der Waals surface area (Å²) >= 11 is 0.